The van der Waals surface area contributed by atoms with E-state index in [9.17, 15) is 4.79 Å². The highest BCUT2D eigenvalue weighted by atomic mass is 35.5. The number of anilines is 1. The third-order valence-corrected chi connectivity index (χ3v) is 4.60. The van der Waals surface area contributed by atoms with Crippen LogP contribution in [0.2, 0.25) is 10.0 Å². The van der Waals surface area contributed by atoms with Gasteiger partial charge in [0.25, 0.3) is 5.91 Å². The molecule has 0 bridgehead atoms. The lowest BCUT2D eigenvalue weighted by Gasteiger charge is -2.12. The second kappa shape index (κ2) is 8.80. The van der Waals surface area contributed by atoms with E-state index >= 15 is 0 Å². The molecule has 0 aliphatic carbocycles. The predicted octanol–water partition coefficient (Wildman–Crippen LogP) is 5.83. The van der Waals surface area contributed by atoms with Crippen molar-refractivity contribution in [2.75, 3.05) is 12.4 Å². The fraction of sp³-hybridized carbons (Fsp3) is 0.0952. The lowest BCUT2D eigenvalue weighted by molar-refractivity contribution is 0.102. The van der Waals surface area contributed by atoms with E-state index in [0.29, 0.717) is 27.0 Å². The summed E-state index contributed by atoms with van der Waals surface area (Å²) in [5.74, 6) is 1.12. The topological polar surface area (TPSA) is 47.6 Å². The number of hydrogen-bond acceptors (Lipinski definition) is 3. The fourth-order valence-corrected chi connectivity index (χ4v) is 2.79. The number of nitrogens with one attached hydrogen (secondary N) is 1. The van der Waals surface area contributed by atoms with Gasteiger partial charge in [-0.3, -0.25) is 4.79 Å². The molecule has 0 radical (unpaired) electrons. The van der Waals surface area contributed by atoms with E-state index in [4.69, 9.17) is 32.7 Å². The number of carbonyl (C=O) groups is 1. The number of methoxy groups -OCH3 is 1. The first-order chi connectivity index (χ1) is 13.1. The van der Waals surface area contributed by atoms with Crippen molar-refractivity contribution in [3.63, 3.8) is 0 Å². The quantitative estimate of drug-likeness (QED) is 0.564. The lowest BCUT2D eigenvalue weighted by atomic mass is 10.1. The van der Waals surface area contributed by atoms with Crippen molar-refractivity contribution >= 4 is 34.8 Å². The number of ether oxygens (including phenoxy) is 2. The largest absolute Gasteiger partial charge is 0.496 e. The maximum Gasteiger partial charge on any atom is 0.255 e. The molecule has 0 heterocycles. The van der Waals surface area contributed by atoms with E-state index in [1.807, 2.05) is 30.3 Å². The molecule has 0 aliphatic rings. The van der Waals surface area contributed by atoms with Crippen LogP contribution in [0.15, 0.2) is 66.7 Å². The summed E-state index contributed by atoms with van der Waals surface area (Å²) in [7, 11) is 1.58. The van der Waals surface area contributed by atoms with Crippen molar-refractivity contribution in [1.29, 1.82) is 0 Å². The van der Waals surface area contributed by atoms with E-state index in [1.54, 1.807) is 43.5 Å². The Labute approximate surface area is 167 Å². The average Bonchev–Trinajstić information content (AvgIpc) is 2.69. The Bertz CT molecular complexity index is 945. The van der Waals surface area contributed by atoms with Gasteiger partial charge in [-0.1, -0.05) is 41.4 Å². The van der Waals surface area contributed by atoms with Gasteiger partial charge in [0.15, 0.2) is 0 Å². The molecule has 3 aromatic carbocycles. The van der Waals surface area contributed by atoms with Crippen molar-refractivity contribution in [3.05, 3.63) is 87.9 Å². The number of rotatable bonds is 6. The van der Waals surface area contributed by atoms with Crippen LogP contribution in [0.1, 0.15) is 15.9 Å². The van der Waals surface area contributed by atoms with Crippen LogP contribution in [0.5, 0.6) is 11.5 Å². The monoisotopic (exact) mass is 401 g/mol. The van der Waals surface area contributed by atoms with Crippen LogP contribution in [0.3, 0.4) is 0 Å². The first-order valence-corrected chi connectivity index (χ1v) is 8.93. The standard InChI is InChI=1S/C21H17Cl2NO3/c1-26-20-10-7-14(11-15(20)13-27-17-5-3-2-4-6-17)21(25)24-16-8-9-18(22)19(23)12-16/h2-12H,13H2,1H3,(H,24,25). The maximum atomic E-state index is 12.6. The molecule has 0 saturated heterocycles. The third kappa shape index (κ3) is 4.94. The molecule has 6 heteroatoms. The van der Waals surface area contributed by atoms with Gasteiger partial charge in [0.2, 0.25) is 0 Å². The molecule has 0 fully saturated rings. The summed E-state index contributed by atoms with van der Waals surface area (Å²) in [6, 6.07) is 19.6. The summed E-state index contributed by atoms with van der Waals surface area (Å²) < 4.78 is 11.1. The summed E-state index contributed by atoms with van der Waals surface area (Å²) >= 11 is 11.9. The average molecular weight is 402 g/mol. The van der Waals surface area contributed by atoms with Crippen molar-refractivity contribution in [2.45, 2.75) is 6.61 Å². The van der Waals surface area contributed by atoms with E-state index in [0.717, 1.165) is 11.3 Å². The number of para-hydroxylation sites is 1. The Hall–Kier alpha value is -2.69. The van der Waals surface area contributed by atoms with Gasteiger partial charge >= 0.3 is 0 Å². The van der Waals surface area contributed by atoms with Crippen molar-refractivity contribution < 1.29 is 14.3 Å². The van der Waals surface area contributed by atoms with Gasteiger partial charge in [-0.05, 0) is 48.5 Å². The molecule has 1 N–H and O–H groups in total. The molecule has 0 spiro atoms. The Morgan fingerprint density at radius 3 is 2.44 bits per heavy atom. The molecule has 0 atom stereocenters. The zero-order valence-corrected chi connectivity index (χ0v) is 16.1. The molecule has 0 aliphatic heterocycles. The minimum atomic E-state index is -0.267. The molecule has 0 aromatic heterocycles. The van der Waals surface area contributed by atoms with Crippen LogP contribution in [0, 0.1) is 0 Å². The maximum absolute atomic E-state index is 12.6. The zero-order chi connectivity index (χ0) is 19.2. The smallest absolute Gasteiger partial charge is 0.255 e. The Kier molecular flexibility index (Phi) is 6.22. The molecule has 138 valence electrons. The third-order valence-electron chi connectivity index (χ3n) is 3.86. The second-order valence-corrected chi connectivity index (χ2v) is 6.53. The molecular weight excluding hydrogens is 385 g/mol. The summed E-state index contributed by atoms with van der Waals surface area (Å²) in [5.41, 5.74) is 1.81. The first-order valence-electron chi connectivity index (χ1n) is 8.18. The van der Waals surface area contributed by atoms with Gasteiger partial charge in [-0.2, -0.15) is 0 Å². The molecule has 3 aromatic rings. The second-order valence-electron chi connectivity index (χ2n) is 5.71. The van der Waals surface area contributed by atoms with Gasteiger partial charge in [-0.25, -0.2) is 0 Å². The fourth-order valence-electron chi connectivity index (χ4n) is 2.49. The number of hydrogen-bond donors (Lipinski definition) is 1. The number of benzene rings is 3. The van der Waals surface area contributed by atoms with Crippen LogP contribution < -0.4 is 14.8 Å². The zero-order valence-electron chi connectivity index (χ0n) is 14.5. The highest BCUT2D eigenvalue weighted by molar-refractivity contribution is 6.42. The van der Waals surface area contributed by atoms with Crippen molar-refractivity contribution in [1.82, 2.24) is 0 Å². The van der Waals surface area contributed by atoms with Crippen LogP contribution in [0.25, 0.3) is 0 Å². The van der Waals surface area contributed by atoms with E-state index in [-0.39, 0.29) is 12.5 Å². The molecular formula is C21H17Cl2NO3. The molecule has 1 amide bonds. The molecule has 4 nitrogen and oxygen atoms in total. The first kappa shape index (κ1) is 19.1. The Morgan fingerprint density at radius 1 is 0.963 bits per heavy atom. The molecule has 27 heavy (non-hydrogen) atoms. The van der Waals surface area contributed by atoms with Gasteiger partial charge in [0.1, 0.15) is 18.1 Å². The van der Waals surface area contributed by atoms with Crippen LogP contribution in [-0.4, -0.2) is 13.0 Å². The summed E-state index contributed by atoms with van der Waals surface area (Å²) in [4.78, 5) is 12.6. The van der Waals surface area contributed by atoms with Gasteiger partial charge in [0, 0.05) is 16.8 Å². The van der Waals surface area contributed by atoms with E-state index in [1.165, 1.54) is 0 Å². The van der Waals surface area contributed by atoms with E-state index < -0.39 is 0 Å². The minimum absolute atomic E-state index is 0.267. The van der Waals surface area contributed by atoms with Gasteiger partial charge in [-0.15, -0.1) is 0 Å². The molecule has 0 saturated carbocycles. The minimum Gasteiger partial charge on any atom is -0.496 e. The van der Waals surface area contributed by atoms with E-state index in [2.05, 4.69) is 5.32 Å². The number of amides is 1. The molecule has 3 rings (SSSR count). The Morgan fingerprint density at radius 2 is 1.74 bits per heavy atom. The van der Waals surface area contributed by atoms with Gasteiger partial charge in [0.05, 0.1) is 17.2 Å². The van der Waals surface area contributed by atoms with Crippen LogP contribution >= 0.6 is 23.2 Å². The highest BCUT2D eigenvalue weighted by Gasteiger charge is 2.12. The normalized spacial score (nSPS) is 10.3. The number of carbonyl (C=O) groups excluding carboxylic acids is 1. The summed E-state index contributed by atoms with van der Waals surface area (Å²) in [5, 5.41) is 3.61. The SMILES string of the molecule is COc1ccc(C(=O)Nc2ccc(Cl)c(Cl)c2)cc1COc1ccccc1. The van der Waals surface area contributed by atoms with Gasteiger partial charge < -0.3 is 14.8 Å². The van der Waals surface area contributed by atoms with Crippen LogP contribution in [0.4, 0.5) is 5.69 Å². The van der Waals surface area contributed by atoms with Crippen molar-refractivity contribution in [3.8, 4) is 11.5 Å². The number of halogens is 2. The molecule has 0 unspecified atom stereocenters. The Balaban J connectivity index is 1.76. The highest BCUT2D eigenvalue weighted by Crippen LogP contribution is 2.26. The van der Waals surface area contributed by atoms with Crippen molar-refractivity contribution in [2.24, 2.45) is 0 Å². The summed E-state index contributed by atoms with van der Waals surface area (Å²) in [6.07, 6.45) is 0. The lowest BCUT2D eigenvalue weighted by Crippen LogP contribution is -2.13. The predicted molar refractivity (Wildman–Crippen MR) is 108 cm³/mol. The van der Waals surface area contributed by atoms with Crippen LogP contribution in [-0.2, 0) is 6.61 Å². The summed E-state index contributed by atoms with van der Waals surface area (Å²) in [6.45, 7) is 0.279.